The van der Waals surface area contributed by atoms with Crippen molar-refractivity contribution in [2.75, 3.05) is 0 Å². The lowest BCUT2D eigenvalue weighted by Crippen LogP contribution is -2.41. The molecule has 6 heteroatoms. The maximum Gasteiger partial charge on any atom is 0.226 e. The van der Waals surface area contributed by atoms with Crippen LogP contribution in [0.4, 0.5) is 0 Å². The molecule has 1 heterocycles. The number of aromatic nitrogens is 2. The third kappa shape index (κ3) is 4.81. The van der Waals surface area contributed by atoms with E-state index in [0.717, 1.165) is 5.56 Å². The monoisotopic (exact) mass is 349 g/mol. The third-order valence-corrected chi connectivity index (χ3v) is 4.00. The van der Waals surface area contributed by atoms with E-state index in [0.29, 0.717) is 36.0 Å². The van der Waals surface area contributed by atoms with Gasteiger partial charge in [0.15, 0.2) is 0 Å². The van der Waals surface area contributed by atoms with Gasteiger partial charge in [0.1, 0.15) is 0 Å². The van der Waals surface area contributed by atoms with Crippen molar-refractivity contribution in [3.05, 3.63) is 35.2 Å². The molecular weight excluding hydrogens is 326 g/mol. The number of hydrogen-bond acceptors (Lipinski definition) is 4. The maximum atomic E-state index is 12.3. The minimum absolute atomic E-state index is 0.164. The molecule has 5 nitrogen and oxygen atoms in total. The molecule has 1 aromatic carbocycles. The zero-order valence-electron chi connectivity index (χ0n) is 14.6. The fraction of sp³-hybridized carbons (Fsp3) is 0.500. The topological polar surface area (TPSA) is 59.2 Å². The molecule has 0 N–H and O–H groups in total. The number of rotatable bonds is 7. The maximum absolute atomic E-state index is 12.3. The van der Waals surface area contributed by atoms with E-state index in [-0.39, 0.29) is 18.0 Å². The Labute approximate surface area is 148 Å². The second kappa shape index (κ2) is 8.29. The van der Waals surface area contributed by atoms with Crippen LogP contribution in [0.2, 0.25) is 5.02 Å². The molecule has 0 unspecified atom stereocenters. The molecule has 2 aromatic rings. The molecule has 0 spiro atoms. The van der Waals surface area contributed by atoms with E-state index in [1.165, 1.54) is 0 Å². The Morgan fingerprint density at radius 2 is 1.79 bits per heavy atom. The summed E-state index contributed by atoms with van der Waals surface area (Å²) in [6, 6.07) is 7.69. The van der Waals surface area contributed by atoms with Gasteiger partial charge in [-0.15, -0.1) is 0 Å². The Kier molecular flexibility index (Phi) is 6.37. The van der Waals surface area contributed by atoms with E-state index in [1.54, 1.807) is 12.1 Å². The number of benzene rings is 1. The van der Waals surface area contributed by atoms with Crippen LogP contribution >= 0.6 is 11.6 Å². The Morgan fingerprint density at radius 1 is 1.17 bits per heavy atom. The Balaban J connectivity index is 1.89. The molecule has 0 aliphatic heterocycles. The number of halogens is 1. The highest BCUT2D eigenvalue weighted by Crippen LogP contribution is 2.19. The van der Waals surface area contributed by atoms with Crippen LogP contribution in [0.1, 0.15) is 46.4 Å². The van der Waals surface area contributed by atoms with Crippen LogP contribution in [-0.4, -0.2) is 33.0 Å². The standard InChI is InChI=1S/C18H24ClN3O2/c1-12(2)22(13(3)4)17(23)7-5-6-16-20-18(21-24-16)14-8-10-15(19)11-9-14/h8-13H,5-7H2,1-4H3. The summed E-state index contributed by atoms with van der Waals surface area (Å²) in [6.07, 6.45) is 1.77. The first-order chi connectivity index (χ1) is 11.4. The van der Waals surface area contributed by atoms with Crippen molar-refractivity contribution in [2.45, 2.75) is 59.0 Å². The van der Waals surface area contributed by atoms with Gasteiger partial charge >= 0.3 is 0 Å². The van der Waals surface area contributed by atoms with Crippen LogP contribution in [0.15, 0.2) is 28.8 Å². The molecule has 130 valence electrons. The smallest absolute Gasteiger partial charge is 0.226 e. The van der Waals surface area contributed by atoms with Gasteiger partial charge in [-0.2, -0.15) is 4.98 Å². The van der Waals surface area contributed by atoms with E-state index in [4.69, 9.17) is 16.1 Å². The SMILES string of the molecule is CC(C)N(C(=O)CCCc1nc(-c2ccc(Cl)cc2)no1)C(C)C. The van der Waals surface area contributed by atoms with Crippen molar-refractivity contribution in [1.29, 1.82) is 0 Å². The van der Waals surface area contributed by atoms with Crippen LogP contribution in [0.25, 0.3) is 11.4 Å². The summed E-state index contributed by atoms with van der Waals surface area (Å²) in [5.41, 5.74) is 0.858. The minimum atomic E-state index is 0.164. The van der Waals surface area contributed by atoms with E-state index >= 15 is 0 Å². The first-order valence-electron chi connectivity index (χ1n) is 8.28. The molecule has 0 radical (unpaired) electrons. The summed E-state index contributed by atoms with van der Waals surface area (Å²) in [5, 5.41) is 4.65. The lowest BCUT2D eigenvalue weighted by Gasteiger charge is -2.30. The van der Waals surface area contributed by atoms with E-state index < -0.39 is 0 Å². The summed E-state index contributed by atoms with van der Waals surface area (Å²) in [7, 11) is 0. The van der Waals surface area contributed by atoms with Crippen molar-refractivity contribution in [2.24, 2.45) is 0 Å². The van der Waals surface area contributed by atoms with Crippen LogP contribution in [0, 0.1) is 0 Å². The molecule has 2 rings (SSSR count). The predicted molar refractivity (Wildman–Crippen MR) is 94.8 cm³/mol. The summed E-state index contributed by atoms with van der Waals surface area (Å²) in [6.45, 7) is 8.14. The summed E-state index contributed by atoms with van der Waals surface area (Å²) >= 11 is 5.87. The Bertz CT molecular complexity index is 657. The van der Waals surface area contributed by atoms with E-state index in [1.807, 2.05) is 44.7 Å². The molecule has 0 bridgehead atoms. The predicted octanol–water partition coefficient (Wildman–Crippen LogP) is 4.36. The number of carbonyl (C=O) groups is 1. The minimum Gasteiger partial charge on any atom is -0.339 e. The second-order valence-corrected chi connectivity index (χ2v) is 6.80. The van der Waals surface area contributed by atoms with E-state index in [2.05, 4.69) is 10.1 Å². The fourth-order valence-electron chi connectivity index (χ4n) is 2.76. The highest BCUT2D eigenvalue weighted by molar-refractivity contribution is 6.30. The first kappa shape index (κ1) is 18.5. The number of amides is 1. The quantitative estimate of drug-likeness (QED) is 0.745. The van der Waals surface area contributed by atoms with Gasteiger partial charge in [0.25, 0.3) is 0 Å². The molecule has 0 aliphatic carbocycles. The molecule has 0 saturated carbocycles. The number of nitrogens with zero attached hydrogens (tertiary/aromatic N) is 3. The zero-order valence-corrected chi connectivity index (χ0v) is 15.4. The third-order valence-electron chi connectivity index (χ3n) is 3.75. The Morgan fingerprint density at radius 3 is 2.38 bits per heavy atom. The molecule has 24 heavy (non-hydrogen) atoms. The second-order valence-electron chi connectivity index (χ2n) is 6.36. The number of carbonyl (C=O) groups excluding carboxylic acids is 1. The average Bonchev–Trinajstić information content (AvgIpc) is 2.96. The highest BCUT2D eigenvalue weighted by Gasteiger charge is 2.19. The number of hydrogen-bond donors (Lipinski definition) is 0. The number of aryl methyl sites for hydroxylation is 1. The molecule has 0 fully saturated rings. The van der Waals surface area contributed by atoms with Crippen molar-refractivity contribution >= 4 is 17.5 Å². The van der Waals surface area contributed by atoms with Crippen LogP contribution in [-0.2, 0) is 11.2 Å². The van der Waals surface area contributed by atoms with Crippen molar-refractivity contribution in [3.63, 3.8) is 0 Å². The van der Waals surface area contributed by atoms with Gasteiger partial charge in [0.05, 0.1) is 0 Å². The van der Waals surface area contributed by atoms with Crippen molar-refractivity contribution < 1.29 is 9.32 Å². The van der Waals surface area contributed by atoms with Gasteiger partial charge in [-0.3, -0.25) is 4.79 Å². The Hall–Kier alpha value is -1.88. The van der Waals surface area contributed by atoms with Gasteiger partial charge in [-0.25, -0.2) is 0 Å². The summed E-state index contributed by atoms with van der Waals surface area (Å²) in [4.78, 5) is 18.6. The molecular formula is C18H24ClN3O2. The fourth-order valence-corrected chi connectivity index (χ4v) is 2.89. The molecule has 1 amide bonds. The van der Waals surface area contributed by atoms with Gasteiger partial charge < -0.3 is 9.42 Å². The van der Waals surface area contributed by atoms with Crippen LogP contribution < -0.4 is 0 Å². The molecule has 0 atom stereocenters. The molecule has 1 aromatic heterocycles. The zero-order chi connectivity index (χ0) is 17.7. The van der Waals surface area contributed by atoms with Gasteiger partial charge in [0.2, 0.25) is 17.6 Å². The first-order valence-corrected chi connectivity index (χ1v) is 8.66. The largest absolute Gasteiger partial charge is 0.339 e. The van der Waals surface area contributed by atoms with Crippen LogP contribution in [0.3, 0.4) is 0 Å². The van der Waals surface area contributed by atoms with Crippen molar-refractivity contribution in [3.8, 4) is 11.4 Å². The van der Waals surface area contributed by atoms with Gasteiger partial charge in [-0.1, -0.05) is 16.8 Å². The average molecular weight is 350 g/mol. The lowest BCUT2D eigenvalue weighted by molar-refractivity contribution is -0.134. The molecule has 0 saturated heterocycles. The van der Waals surface area contributed by atoms with Crippen molar-refractivity contribution in [1.82, 2.24) is 15.0 Å². The highest BCUT2D eigenvalue weighted by atomic mass is 35.5. The van der Waals surface area contributed by atoms with Gasteiger partial charge in [-0.05, 0) is 58.4 Å². The summed E-state index contributed by atoms with van der Waals surface area (Å²) in [5.74, 6) is 1.25. The molecule has 0 aliphatic rings. The summed E-state index contributed by atoms with van der Waals surface area (Å²) < 4.78 is 5.27. The van der Waals surface area contributed by atoms with Crippen LogP contribution in [0.5, 0.6) is 0 Å². The lowest BCUT2D eigenvalue weighted by atomic mass is 10.1. The normalized spacial score (nSPS) is 11.3. The van der Waals surface area contributed by atoms with E-state index in [9.17, 15) is 4.79 Å². The van der Waals surface area contributed by atoms with Gasteiger partial charge in [0, 0.05) is 35.5 Å².